The van der Waals surface area contributed by atoms with Crippen molar-refractivity contribution < 1.29 is 4.39 Å². The van der Waals surface area contributed by atoms with Gasteiger partial charge >= 0.3 is 0 Å². The van der Waals surface area contributed by atoms with E-state index in [1.807, 2.05) is 0 Å². The summed E-state index contributed by atoms with van der Waals surface area (Å²) in [6.45, 7) is 1.74. The van der Waals surface area contributed by atoms with Crippen molar-refractivity contribution in [1.29, 1.82) is 0 Å². The molecule has 1 aromatic carbocycles. The Bertz CT molecular complexity index is 626. The standard InChI is InChI=1S/C11H11ClFN3O/c1-6(14-2)16-10(17)9-7(13)4-3-5-8(9)15-11(16)12/h3-6,14H,1-2H3. The van der Waals surface area contributed by atoms with E-state index >= 15 is 0 Å². The van der Waals surface area contributed by atoms with Crippen molar-refractivity contribution in [2.24, 2.45) is 0 Å². The van der Waals surface area contributed by atoms with E-state index in [4.69, 9.17) is 11.6 Å². The monoisotopic (exact) mass is 255 g/mol. The first-order valence-corrected chi connectivity index (χ1v) is 5.47. The van der Waals surface area contributed by atoms with Crippen LogP contribution in [0.3, 0.4) is 0 Å². The number of hydrogen-bond acceptors (Lipinski definition) is 3. The summed E-state index contributed by atoms with van der Waals surface area (Å²) >= 11 is 5.92. The van der Waals surface area contributed by atoms with E-state index in [1.165, 1.54) is 16.7 Å². The summed E-state index contributed by atoms with van der Waals surface area (Å²) in [5.74, 6) is -0.589. The van der Waals surface area contributed by atoms with Crippen LogP contribution < -0.4 is 10.9 Å². The third kappa shape index (κ3) is 1.92. The molecule has 6 heteroatoms. The Morgan fingerprint density at radius 3 is 2.88 bits per heavy atom. The van der Waals surface area contributed by atoms with Crippen LogP contribution in [0, 0.1) is 5.82 Å². The van der Waals surface area contributed by atoms with E-state index in [-0.39, 0.29) is 22.4 Å². The molecule has 0 saturated heterocycles. The molecule has 0 fully saturated rings. The fraction of sp³-hybridized carbons (Fsp3) is 0.273. The number of aromatic nitrogens is 2. The molecule has 2 aromatic rings. The average molecular weight is 256 g/mol. The molecule has 0 bridgehead atoms. The van der Waals surface area contributed by atoms with Crippen LogP contribution in [0.1, 0.15) is 13.1 Å². The lowest BCUT2D eigenvalue weighted by atomic mass is 10.2. The van der Waals surface area contributed by atoms with Gasteiger partial charge in [0.1, 0.15) is 11.2 Å². The summed E-state index contributed by atoms with van der Waals surface area (Å²) in [5, 5.41) is 2.86. The average Bonchev–Trinajstić information content (AvgIpc) is 2.28. The predicted molar refractivity (Wildman–Crippen MR) is 64.7 cm³/mol. The summed E-state index contributed by atoms with van der Waals surface area (Å²) in [7, 11) is 1.68. The second-order valence-electron chi connectivity index (χ2n) is 3.65. The van der Waals surface area contributed by atoms with Crippen LogP contribution in [0.25, 0.3) is 10.9 Å². The fourth-order valence-corrected chi connectivity index (χ4v) is 1.95. The molecule has 0 saturated carbocycles. The van der Waals surface area contributed by atoms with E-state index in [0.717, 1.165) is 0 Å². The minimum absolute atomic E-state index is 0.0370. The maximum atomic E-state index is 13.6. The molecule has 0 aliphatic carbocycles. The van der Waals surface area contributed by atoms with Gasteiger partial charge in [0.05, 0.1) is 11.7 Å². The van der Waals surface area contributed by atoms with Gasteiger partial charge in [-0.05, 0) is 37.7 Å². The first kappa shape index (κ1) is 12.0. The third-order valence-electron chi connectivity index (χ3n) is 2.64. The largest absolute Gasteiger partial charge is 0.300 e. The highest BCUT2D eigenvalue weighted by molar-refractivity contribution is 6.28. The SMILES string of the molecule is CNC(C)n1c(Cl)nc2cccc(F)c2c1=O. The summed E-state index contributed by atoms with van der Waals surface area (Å²) in [6, 6.07) is 4.28. The van der Waals surface area contributed by atoms with Crippen molar-refractivity contribution in [2.75, 3.05) is 7.05 Å². The van der Waals surface area contributed by atoms with Crippen LogP contribution in [-0.2, 0) is 0 Å². The molecule has 1 N–H and O–H groups in total. The maximum absolute atomic E-state index is 13.6. The Balaban J connectivity index is 2.88. The zero-order chi connectivity index (χ0) is 12.6. The van der Waals surface area contributed by atoms with Crippen LogP contribution in [0.15, 0.2) is 23.0 Å². The van der Waals surface area contributed by atoms with Crippen molar-refractivity contribution in [2.45, 2.75) is 13.1 Å². The molecule has 1 heterocycles. The number of halogens is 2. The van der Waals surface area contributed by atoms with Gasteiger partial charge < -0.3 is 5.32 Å². The van der Waals surface area contributed by atoms with Crippen LogP contribution in [0.2, 0.25) is 5.28 Å². The minimum Gasteiger partial charge on any atom is -0.300 e. The van der Waals surface area contributed by atoms with Crippen molar-refractivity contribution in [3.63, 3.8) is 0 Å². The lowest BCUT2D eigenvalue weighted by Crippen LogP contribution is -2.32. The van der Waals surface area contributed by atoms with E-state index in [1.54, 1.807) is 20.0 Å². The van der Waals surface area contributed by atoms with Crippen molar-refractivity contribution in [3.8, 4) is 0 Å². The summed E-state index contributed by atoms with van der Waals surface area (Å²) in [6.07, 6.45) is -0.355. The first-order valence-electron chi connectivity index (χ1n) is 5.09. The Morgan fingerprint density at radius 2 is 2.24 bits per heavy atom. The molecule has 17 heavy (non-hydrogen) atoms. The molecule has 1 aromatic heterocycles. The number of fused-ring (bicyclic) bond motifs is 1. The molecule has 0 radical (unpaired) electrons. The molecular formula is C11H11ClFN3O. The Kier molecular flexibility index (Phi) is 3.13. The summed E-state index contributed by atoms with van der Waals surface area (Å²) in [5.41, 5.74) is -0.223. The second kappa shape index (κ2) is 4.43. The van der Waals surface area contributed by atoms with Gasteiger partial charge in [0.15, 0.2) is 0 Å². The molecule has 0 aliphatic rings. The normalized spacial score (nSPS) is 12.9. The number of hydrogen-bond donors (Lipinski definition) is 1. The van der Waals surface area contributed by atoms with Gasteiger partial charge in [0, 0.05) is 0 Å². The van der Waals surface area contributed by atoms with Gasteiger partial charge in [-0.2, -0.15) is 0 Å². The van der Waals surface area contributed by atoms with Crippen LogP contribution >= 0.6 is 11.6 Å². The molecule has 4 nitrogen and oxygen atoms in total. The van der Waals surface area contributed by atoms with E-state index in [0.29, 0.717) is 0 Å². The highest BCUT2D eigenvalue weighted by Gasteiger charge is 2.15. The predicted octanol–water partition coefficient (Wildman–Crippen LogP) is 1.93. The topological polar surface area (TPSA) is 46.9 Å². The Labute approximate surface area is 102 Å². The van der Waals surface area contributed by atoms with Crippen LogP contribution in [0.5, 0.6) is 0 Å². The lowest BCUT2D eigenvalue weighted by molar-refractivity contribution is 0.460. The molecule has 0 spiro atoms. The minimum atomic E-state index is -0.589. The van der Waals surface area contributed by atoms with Crippen LogP contribution in [-0.4, -0.2) is 16.6 Å². The molecule has 0 aliphatic heterocycles. The quantitative estimate of drug-likeness (QED) is 0.834. The number of nitrogens with zero attached hydrogens (tertiary/aromatic N) is 2. The zero-order valence-corrected chi connectivity index (χ0v) is 10.1. The van der Waals surface area contributed by atoms with Gasteiger partial charge in [0.2, 0.25) is 5.28 Å². The van der Waals surface area contributed by atoms with Gasteiger partial charge in [-0.25, -0.2) is 9.37 Å². The summed E-state index contributed by atoms with van der Waals surface area (Å²) < 4.78 is 14.8. The molecule has 2 rings (SSSR count). The molecule has 90 valence electrons. The maximum Gasteiger partial charge on any atom is 0.266 e. The Hall–Kier alpha value is -1.46. The first-order chi connectivity index (χ1) is 8.06. The van der Waals surface area contributed by atoms with Gasteiger partial charge in [0.25, 0.3) is 5.56 Å². The van der Waals surface area contributed by atoms with Gasteiger partial charge in [-0.15, -0.1) is 0 Å². The van der Waals surface area contributed by atoms with Crippen LogP contribution in [0.4, 0.5) is 4.39 Å². The lowest BCUT2D eigenvalue weighted by Gasteiger charge is -2.16. The highest BCUT2D eigenvalue weighted by atomic mass is 35.5. The van der Waals surface area contributed by atoms with Crippen molar-refractivity contribution >= 4 is 22.5 Å². The fourth-order valence-electron chi connectivity index (χ4n) is 1.64. The van der Waals surface area contributed by atoms with Gasteiger partial charge in [-0.3, -0.25) is 9.36 Å². The number of benzene rings is 1. The summed E-state index contributed by atoms with van der Waals surface area (Å²) in [4.78, 5) is 16.1. The van der Waals surface area contributed by atoms with Gasteiger partial charge in [-0.1, -0.05) is 6.07 Å². The number of rotatable bonds is 2. The van der Waals surface area contributed by atoms with E-state index < -0.39 is 11.4 Å². The Morgan fingerprint density at radius 1 is 1.53 bits per heavy atom. The molecule has 1 unspecified atom stereocenters. The molecule has 1 atom stereocenters. The van der Waals surface area contributed by atoms with Crippen molar-refractivity contribution in [3.05, 3.63) is 39.7 Å². The molecule has 0 amide bonds. The van der Waals surface area contributed by atoms with E-state index in [9.17, 15) is 9.18 Å². The van der Waals surface area contributed by atoms with E-state index in [2.05, 4.69) is 10.3 Å². The third-order valence-corrected chi connectivity index (χ3v) is 2.91. The molecular weight excluding hydrogens is 245 g/mol. The highest BCUT2D eigenvalue weighted by Crippen LogP contribution is 2.16. The number of nitrogens with one attached hydrogen (secondary N) is 1. The van der Waals surface area contributed by atoms with Crippen molar-refractivity contribution in [1.82, 2.24) is 14.9 Å². The smallest absolute Gasteiger partial charge is 0.266 e. The second-order valence-corrected chi connectivity index (χ2v) is 3.99. The zero-order valence-electron chi connectivity index (χ0n) is 9.37.